The lowest BCUT2D eigenvalue weighted by molar-refractivity contribution is -0.131. The zero-order valence-electron chi connectivity index (χ0n) is 11.9. The van der Waals surface area contributed by atoms with E-state index < -0.39 is 6.10 Å². The summed E-state index contributed by atoms with van der Waals surface area (Å²) >= 11 is 0. The van der Waals surface area contributed by atoms with Gasteiger partial charge in [0.15, 0.2) is 11.5 Å². The van der Waals surface area contributed by atoms with Gasteiger partial charge in [-0.1, -0.05) is 12.1 Å². The van der Waals surface area contributed by atoms with Gasteiger partial charge in [-0.05, 0) is 31.0 Å². The van der Waals surface area contributed by atoms with Crippen LogP contribution in [0.4, 0.5) is 0 Å². The molecule has 1 amide bonds. The molecule has 0 aliphatic heterocycles. The van der Waals surface area contributed by atoms with Crippen LogP contribution in [0.1, 0.15) is 18.9 Å². The van der Waals surface area contributed by atoms with Crippen LogP contribution in [0, 0.1) is 0 Å². The number of benzene rings is 1. The molecule has 0 heterocycles. The standard InChI is InChI=1S/C15H21NO4/c1-4-5-8-20-11(2)15(18)16-10-12-6-7-13(17)14(9-12)19-3/h4,6-7,9,11,17H,1,5,8,10H2,2-3H3,(H,16,18). The van der Waals surface area contributed by atoms with Gasteiger partial charge in [-0.2, -0.15) is 0 Å². The van der Waals surface area contributed by atoms with Crippen molar-refractivity contribution in [1.82, 2.24) is 5.32 Å². The summed E-state index contributed by atoms with van der Waals surface area (Å²) in [5.41, 5.74) is 0.839. The molecule has 1 aromatic carbocycles. The molecule has 0 aliphatic rings. The average Bonchev–Trinajstić information content (AvgIpc) is 2.46. The van der Waals surface area contributed by atoms with Crippen molar-refractivity contribution in [1.29, 1.82) is 0 Å². The second-order valence-corrected chi connectivity index (χ2v) is 4.31. The molecule has 0 fully saturated rings. The molecule has 1 unspecified atom stereocenters. The first-order valence-electron chi connectivity index (χ1n) is 6.44. The Morgan fingerprint density at radius 2 is 2.30 bits per heavy atom. The lowest BCUT2D eigenvalue weighted by Gasteiger charge is -2.13. The van der Waals surface area contributed by atoms with E-state index in [1.54, 1.807) is 25.1 Å². The number of ether oxygens (including phenoxy) is 2. The maximum absolute atomic E-state index is 11.8. The summed E-state index contributed by atoms with van der Waals surface area (Å²) < 4.78 is 10.4. The minimum absolute atomic E-state index is 0.0729. The number of phenolic OH excluding ortho intramolecular Hbond substituents is 1. The number of carbonyl (C=O) groups is 1. The summed E-state index contributed by atoms with van der Waals surface area (Å²) in [4.78, 5) is 11.8. The molecule has 1 aromatic rings. The molecule has 0 aromatic heterocycles. The summed E-state index contributed by atoms with van der Waals surface area (Å²) in [7, 11) is 1.48. The third-order valence-electron chi connectivity index (χ3n) is 2.77. The van der Waals surface area contributed by atoms with Crippen LogP contribution in [0.15, 0.2) is 30.9 Å². The van der Waals surface area contributed by atoms with Crippen molar-refractivity contribution < 1.29 is 19.4 Å². The minimum Gasteiger partial charge on any atom is -0.504 e. The van der Waals surface area contributed by atoms with Gasteiger partial charge < -0.3 is 19.9 Å². The van der Waals surface area contributed by atoms with Gasteiger partial charge in [-0.15, -0.1) is 6.58 Å². The van der Waals surface area contributed by atoms with E-state index in [0.29, 0.717) is 25.3 Å². The average molecular weight is 279 g/mol. The van der Waals surface area contributed by atoms with E-state index in [0.717, 1.165) is 5.56 Å². The van der Waals surface area contributed by atoms with E-state index in [1.807, 2.05) is 0 Å². The number of amides is 1. The lowest BCUT2D eigenvalue weighted by atomic mass is 10.2. The Labute approximate surface area is 119 Å². The summed E-state index contributed by atoms with van der Waals surface area (Å²) in [6.07, 6.45) is 1.95. The van der Waals surface area contributed by atoms with Crippen molar-refractivity contribution in [2.24, 2.45) is 0 Å². The Balaban J connectivity index is 2.46. The fourth-order valence-electron chi connectivity index (χ4n) is 1.57. The van der Waals surface area contributed by atoms with Crippen molar-refractivity contribution in [3.8, 4) is 11.5 Å². The van der Waals surface area contributed by atoms with Crippen molar-refractivity contribution >= 4 is 5.91 Å². The van der Waals surface area contributed by atoms with Gasteiger partial charge in [0.25, 0.3) is 0 Å². The topological polar surface area (TPSA) is 67.8 Å². The number of rotatable bonds is 8. The smallest absolute Gasteiger partial charge is 0.249 e. The van der Waals surface area contributed by atoms with E-state index in [1.165, 1.54) is 13.2 Å². The third kappa shape index (κ3) is 4.93. The predicted molar refractivity (Wildman–Crippen MR) is 76.7 cm³/mol. The molecule has 5 heteroatoms. The Hall–Kier alpha value is -2.01. The van der Waals surface area contributed by atoms with E-state index in [2.05, 4.69) is 11.9 Å². The normalized spacial score (nSPS) is 11.7. The number of methoxy groups -OCH3 is 1. The van der Waals surface area contributed by atoms with Crippen LogP contribution in [-0.4, -0.2) is 30.8 Å². The highest BCUT2D eigenvalue weighted by atomic mass is 16.5. The first kappa shape index (κ1) is 16.0. The van der Waals surface area contributed by atoms with E-state index in [4.69, 9.17) is 9.47 Å². The molecule has 0 spiro atoms. The molecule has 0 saturated carbocycles. The molecule has 1 atom stereocenters. The fourth-order valence-corrected chi connectivity index (χ4v) is 1.57. The number of nitrogens with one attached hydrogen (secondary N) is 1. The van der Waals surface area contributed by atoms with Gasteiger partial charge >= 0.3 is 0 Å². The van der Waals surface area contributed by atoms with E-state index >= 15 is 0 Å². The van der Waals surface area contributed by atoms with Crippen LogP contribution in [0.3, 0.4) is 0 Å². The third-order valence-corrected chi connectivity index (χ3v) is 2.77. The molecule has 1 rings (SSSR count). The van der Waals surface area contributed by atoms with Gasteiger partial charge in [-0.25, -0.2) is 0 Å². The van der Waals surface area contributed by atoms with Crippen LogP contribution < -0.4 is 10.1 Å². The summed E-state index contributed by atoms with van der Waals surface area (Å²) in [6, 6.07) is 4.94. The van der Waals surface area contributed by atoms with E-state index in [9.17, 15) is 9.90 Å². The lowest BCUT2D eigenvalue weighted by Crippen LogP contribution is -2.34. The van der Waals surface area contributed by atoms with Gasteiger partial charge in [-0.3, -0.25) is 4.79 Å². The highest BCUT2D eigenvalue weighted by molar-refractivity contribution is 5.80. The number of hydrogen-bond acceptors (Lipinski definition) is 4. The molecule has 0 saturated heterocycles. The molecule has 2 N–H and O–H groups in total. The van der Waals surface area contributed by atoms with Crippen LogP contribution in [-0.2, 0) is 16.1 Å². The fraction of sp³-hybridized carbons (Fsp3) is 0.400. The van der Waals surface area contributed by atoms with Gasteiger partial charge in [0.1, 0.15) is 6.10 Å². The summed E-state index contributed by atoms with van der Waals surface area (Å²) in [6.45, 7) is 6.12. The predicted octanol–water partition coefficient (Wildman–Crippen LogP) is 2.00. The summed E-state index contributed by atoms with van der Waals surface area (Å²) in [5, 5.41) is 12.3. The molecular weight excluding hydrogens is 258 g/mol. The number of phenols is 1. The number of hydrogen-bond donors (Lipinski definition) is 2. The molecule has 110 valence electrons. The number of aromatic hydroxyl groups is 1. The van der Waals surface area contributed by atoms with Crippen LogP contribution >= 0.6 is 0 Å². The zero-order chi connectivity index (χ0) is 15.0. The first-order valence-corrected chi connectivity index (χ1v) is 6.44. The monoisotopic (exact) mass is 279 g/mol. The maximum atomic E-state index is 11.8. The van der Waals surface area contributed by atoms with E-state index in [-0.39, 0.29) is 11.7 Å². The second-order valence-electron chi connectivity index (χ2n) is 4.31. The van der Waals surface area contributed by atoms with Crippen LogP contribution in [0.5, 0.6) is 11.5 Å². The molecular formula is C15H21NO4. The quantitative estimate of drug-likeness (QED) is 0.564. The second kappa shape index (κ2) is 8.22. The number of carbonyl (C=O) groups excluding carboxylic acids is 1. The highest BCUT2D eigenvalue weighted by Crippen LogP contribution is 2.26. The van der Waals surface area contributed by atoms with Crippen molar-refractivity contribution in [2.45, 2.75) is 26.0 Å². The Kier molecular flexibility index (Phi) is 6.59. The Bertz CT molecular complexity index is 459. The van der Waals surface area contributed by atoms with Gasteiger partial charge in [0.2, 0.25) is 5.91 Å². The Morgan fingerprint density at radius 3 is 2.95 bits per heavy atom. The zero-order valence-corrected chi connectivity index (χ0v) is 11.9. The molecule has 5 nitrogen and oxygen atoms in total. The van der Waals surface area contributed by atoms with Crippen molar-refractivity contribution in [3.05, 3.63) is 36.4 Å². The summed E-state index contributed by atoms with van der Waals surface area (Å²) in [5.74, 6) is 0.275. The largest absolute Gasteiger partial charge is 0.504 e. The first-order chi connectivity index (χ1) is 9.58. The van der Waals surface area contributed by atoms with Crippen molar-refractivity contribution in [3.63, 3.8) is 0 Å². The molecule has 20 heavy (non-hydrogen) atoms. The Morgan fingerprint density at radius 1 is 1.55 bits per heavy atom. The van der Waals surface area contributed by atoms with Crippen LogP contribution in [0.2, 0.25) is 0 Å². The minimum atomic E-state index is -0.506. The molecule has 0 radical (unpaired) electrons. The van der Waals surface area contributed by atoms with Crippen LogP contribution in [0.25, 0.3) is 0 Å². The SMILES string of the molecule is C=CCCOC(C)C(=O)NCc1ccc(O)c(OC)c1. The van der Waals surface area contributed by atoms with Crippen molar-refractivity contribution in [2.75, 3.05) is 13.7 Å². The molecule has 0 bridgehead atoms. The van der Waals surface area contributed by atoms with Gasteiger partial charge in [0, 0.05) is 6.54 Å². The van der Waals surface area contributed by atoms with Gasteiger partial charge in [0.05, 0.1) is 13.7 Å². The maximum Gasteiger partial charge on any atom is 0.249 e. The molecule has 0 aliphatic carbocycles. The highest BCUT2D eigenvalue weighted by Gasteiger charge is 2.12.